The monoisotopic (exact) mass is 181 g/mol. The van der Waals surface area contributed by atoms with Crippen molar-refractivity contribution in [3.05, 3.63) is 25.1 Å². The van der Waals surface area contributed by atoms with Crippen LogP contribution >= 0.6 is 0 Å². The molecule has 0 N–H and O–H groups in total. The summed E-state index contributed by atoms with van der Waals surface area (Å²) in [5, 5.41) is 0. The fourth-order valence-electron chi connectivity index (χ4n) is 1.07. The summed E-state index contributed by atoms with van der Waals surface area (Å²) < 4.78 is 0. The molecular weight excluding hydrogens is 158 g/mol. The van der Waals surface area contributed by atoms with Gasteiger partial charge in [-0.15, -0.1) is 0 Å². The van der Waals surface area contributed by atoms with E-state index >= 15 is 0 Å². The summed E-state index contributed by atoms with van der Waals surface area (Å²) in [5.74, 6) is 0. The molecule has 0 spiro atoms. The fraction of sp³-hybridized carbons (Fsp3) is 0.667. The maximum atomic E-state index is 3.80. The summed E-state index contributed by atoms with van der Waals surface area (Å²) in [6, 6.07) is 0. The van der Waals surface area contributed by atoms with Gasteiger partial charge in [0.25, 0.3) is 0 Å². The minimum atomic E-state index is 0.143. The van der Waals surface area contributed by atoms with Crippen LogP contribution in [0.2, 0.25) is 0 Å². The molecule has 0 heterocycles. The highest BCUT2D eigenvalue weighted by Gasteiger charge is 2.13. The molecule has 0 aliphatic rings. The standard InChI is InChI=1S/C12H23N/c1-6-8-9-10-11-13(7-2)12(3,4)5/h7,10-11H,2,6,8-9H2,1,3-5H3/b11-10-. The van der Waals surface area contributed by atoms with Crippen molar-refractivity contribution in [3.63, 3.8) is 0 Å². The average molecular weight is 181 g/mol. The van der Waals surface area contributed by atoms with Gasteiger partial charge in [0.15, 0.2) is 0 Å². The first-order valence-corrected chi connectivity index (χ1v) is 5.10. The summed E-state index contributed by atoms with van der Waals surface area (Å²) in [6.45, 7) is 12.6. The van der Waals surface area contributed by atoms with Crippen molar-refractivity contribution >= 4 is 0 Å². The van der Waals surface area contributed by atoms with Crippen LogP contribution in [0.15, 0.2) is 25.1 Å². The second-order valence-electron chi connectivity index (χ2n) is 4.29. The zero-order valence-electron chi connectivity index (χ0n) is 9.51. The Morgan fingerprint density at radius 2 is 1.92 bits per heavy atom. The number of allylic oxidation sites excluding steroid dienone is 1. The zero-order valence-corrected chi connectivity index (χ0v) is 9.51. The topological polar surface area (TPSA) is 3.24 Å². The van der Waals surface area contributed by atoms with Gasteiger partial charge in [-0.3, -0.25) is 0 Å². The van der Waals surface area contributed by atoms with Gasteiger partial charge in [0.05, 0.1) is 0 Å². The van der Waals surface area contributed by atoms with Crippen molar-refractivity contribution in [2.24, 2.45) is 0 Å². The number of hydrogen-bond donors (Lipinski definition) is 0. The maximum Gasteiger partial charge on any atom is 0.0355 e. The van der Waals surface area contributed by atoms with E-state index in [0.29, 0.717) is 0 Å². The predicted octanol–water partition coefficient (Wildman–Crippen LogP) is 3.93. The van der Waals surface area contributed by atoms with Crippen LogP contribution in [0.5, 0.6) is 0 Å². The normalized spacial score (nSPS) is 12.0. The molecule has 0 aromatic heterocycles. The highest BCUT2D eigenvalue weighted by Crippen LogP contribution is 2.13. The maximum absolute atomic E-state index is 3.80. The van der Waals surface area contributed by atoms with Crippen LogP contribution in [0.4, 0.5) is 0 Å². The summed E-state index contributed by atoms with van der Waals surface area (Å²) in [6.07, 6.45) is 9.91. The number of rotatable bonds is 5. The van der Waals surface area contributed by atoms with E-state index < -0.39 is 0 Å². The van der Waals surface area contributed by atoms with Crippen molar-refractivity contribution in [2.75, 3.05) is 0 Å². The minimum Gasteiger partial charge on any atom is -0.350 e. The first kappa shape index (κ1) is 12.3. The zero-order chi connectivity index (χ0) is 10.3. The van der Waals surface area contributed by atoms with E-state index in [4.69, 9.17) is 0 Å². The van der Waals surface area contributed by atoms with Gasteiger partial charge in [0, 0.05) is 11.7 Å². The molecule has 1 nitrogen and oxygen atoms in total. The van der Waals surface area contributed by atoms with E-state index in [1.54, 1.807) is 0 Å². The van der Waals surface area contributed by atoms with Crippen LogP contribution in [-0.4, -0.2) is 10.4 Å². The first-order valence-electron chi connectivity index (χ1n) is 5.10. The second-order valence-corrected chi connectivity index (χ2v) is 4.29. The highest BCUT2D eigenvalue weighted by molar-refractivity contribution is 4.95. The number of hydrogen-bond acceptors (Lipinski definition) is 1. The molecule has 0 aromatic rings. The second kappa shape index (κ2) is 5.85. The van der Waals surface area contributed by atoms with E-state index in [2.05, 4.69) is 51.4 Å². The largest absolute Gasteiger partial charge is 0.350 e. The van der Waals surface area contributed by atoms with Gasteiger partial charge >= 0.3 is 0 Å². The lowest BCUT2D eigenvalue weighted by atomic mass is 10.1. The van der Waals surface area contributed by atoms with E-state index in [-0.39, 0.29) is 5.54 Å². The molecule has 0 aliphatic carbocycles. The molecule has 0 bridgehead atoms. The van der Waals surface area contributed by atoms with Gasteiger partial charge in [-0.1, -0.05) is 32.4 Å². The third kappa shape index (κ3) is 5.51. The molecule has 13 heavy (non-hydrogen) atoms. The van der Waals surface area contributed by atoms with Crippen LogP contribution < -0.4 is 0 Å². The molecular formula is C12H23N. The van der Waals surface area contributed by atoms with Crippen molar-refractivity contribution in [2.45, 2.75) is 52.5 Å². The molecule has 1 heteroatoms. The van der Waals surface area contributed by atoms with Crippen molar-refractivity contribution in [1.82, 2.24) is 4.90 Å². The average Bonchev–Trinajstić information content (AvgIpc) is 2.02. The van der Waals surface area contributed by atoms with Crippen molar-refractivity contribution < 1.29 is 0 Å². The number of nitrogens with zero attached hydrogens (tertiary/aromatic N) is 1. The molecule has 0 aliphatic heterocycles. The lowest BCUT2D eigenvalue weighted by molar-refractivity contribution is 0.280. The van der Waals surface area contributed by atoms with Crippen LogP contribution in [0.1, 0.15) is 47.0 Å². The molecule has 0 fully saturated rings. The summed E-state index contributed by atoms with van der Waals surface area (Å²) in [7, 11) is 0. The Morgan fingerprint density at radius 1 is 1.31 bits per heavy atom. The van der Waals surface area contributed by atoms with Crippen LogP contribution in [0.3, 0.4) is 0 Å². The molecule has 76 valence electrons. The Morgan fingerprint density at radius 3 is 2.31 bits per heavy atom. The predicted molar refractivity (Wildman–Crippen MR) is 60.5 cm³/mol. The number of unbranched alkanes of at least 4 members (excludes halogenated alkanes) is 2. The summed E-state index contributed by atoms with van der Waals surface area (Å²) in [4.78, 5) is 2.14. The third-order valence-electron chi connectivity index (χ3n) is 1.96. The van der Waals surface area contributed by atoms with E-state index in [1.807, 2.05) is 6.20 Å². The molecule has 0 aromatic carbocycles. The fourth-order valence-corrected chi connectivity index (χ4v) is 1.07. The Balaban J connectivity index is 3.98. The highest BCUT2D eigenvalue weighted by atomic mass is 15.1. The van der Waals surface area contributed by atoms with Crippen molar-refractivity contribution in [1.29, 1.82) is 0 Å². The minimum absolute atomic E-state index is 0.143. The third-order valence-corrected chi connectivity index (χ3v) is 1.96. The van der Waals surface area contributed by atoms with E-state index in [0.717, 1.165) is 6.42 Å². The molecule has 0 amide bonds. The van der Waals surface area contributed by atoms with Crippen LogP contribution in [-0.2, 0) is 0 Å². The summed E-state index contributed by atoms with van der Waals surface area (Å²) in [5.41, 5.74) is 0.143. The molecule has 0 radical (unpaired) electrons. The van der Waals surface area contributed by atoms with Crippen molar-refractivity contribution in [3.8, 4) is 0 Å². The van der Waals surface area contributed by atoms with Gasteiger partial charge in [0.2, 0.25) is 0 Å². The van der Waals surface area contributed by atoms with Crippen LogP contribution in [0.25, 0.3) is 0 Å². The SMILES string of the molecule is C=CN(/C=C\CCCC)C(C)(C)C. The molecule has 0 atom stereocenters. The van der Waals surface area contributed by atoms with E-state index in [1.165, 1.54) is 12.8 Å². The Bertz CT molecular complexity index is 162. The van der Waals surface area contributed by atoms with Gasteiger partial charge in [-0.25, -0.2) is 0 Å². The molecule has 0 rings (SSSR count). The van der Waals surface area contributed by atoms with E-state index in [9.17, 15) is 0 Å². The summed E-state index contributed by atoms with van der Waals surface area (Å²) >= 11 is 0. The van der Waals surface area contributed by atoms with Gasteiger partial charge in [-0.2, -0.15) is 0 Å². The lowest BCUT2D eigenvalue weighted by Gasteiger charge is -2.31. The smallest absolute Gasteiger partial charge is 0.0355 e. The molecule has 0 saturated heterocycles. The molecule has 0 unspecified atom stereocenters. The first-order chi connectivity index (χ1) is 6.02. The Labute approximate surface area is 83.1 Å². The van der Waals surface area contributed by atoms with Crippen LogP contribution in [0, 0.1) is 0 Å². The van der Waals surface area contributed by atoms with Gasteiger partial charge in [0.1, 0.15) is 0 Å². The Hall–Kier alpha value is -0.720. The molecule has 0 saturated carbocycles. The lowest BCUT2D eigenvalue weighted by Crippen LogP contribution is -2.32. The van der Waals surface area contributed by atoms with Gasteiger partial charge < -0.3 is 4.90 Å². The quantitative estimate of drug-likeness (QED) is 0.581. The van der Waals surface area contributed by atoms with Gasteiger partial charge in [-0.05, 0) is 33.4 Å². The Kier molecular flexibility index (Phi) is 5.52.